The molecule has 0 unspecified atom stereocenters. The number of amides is 3. The predicted octanol–water partition coefficient (Wildman–Crippen LogP) is 1.90. The highest BCUT2D eigenvalue weighted by Crippen LogP contribution is 2.21. The monoisotopic (exact) mass is 343 g/mol. The number of nitrogens with one attached hydrogen (secondary N) is 3. The highest BCUT2D eigenvalue weighted by molar-refractivity contribution is 7.09. The SMILES string of the molecule is O=C(NCc1cccs1)C(=O)Nc1ccccc1C(=O)NC1CC1. The number of anilines is 1. The Morgan fingerprint density at radius 1 is 1.04 bits per heavy atom. The van der Waals surface area contributed by atoms with E-state index in [0.717, 1.165) is 17.7 Å². The molecule has 1 heterocycles. The Kier molecular flexibility index (Phi) is 4.90. The van der Waals surface area contributed by atoms with Crippen LogP contribution in [0.15, 0.2) is 41.8 Å². The van der Waals surface area contributed by atoms with Crippen LogP contribution in [0, 0.1) is 0 Å². The Bertz CT molecular complexity index is 754. The molecule has 124 valence electrons. The Balaban J connectivity index is 1.60. The van der Waals surface area contributed by atoms with Gasteiger partial charge in [-0.1, -0.05) is 18.2 Å². The summed E-state index contributed by atoms with van der Waals surface area (Å²) < 4.78 is 0. The maximum Gasteiger partial charge on any atom is 0.313 e. The van der Waals surface area contributed by atoms with Crippen molar-refractivity contribution in [2.45, 2.75) is 25.4 Å². The molecule has 0 aliphatic heterocycles. The van der Waals surface area contributed by atoms with E-state index in [-0.39, 0.29) is 11.9 Å². The molecule has 6 nitrogen and oxygen atoms in total. The summed E-state index contributed by atoms with van der Waals surface area (Å²) in [6.07, 6.45) is 1.96. The number of rotatable bonds is 5. The van der Waals surface area contributed by atoms with Gasteiger partial charge in [0.1, 0.15) is 0 Å². The van der Waals surface area contributed by atoms with Crippen LogP contribution in [0.1, 0.15) is 28.1 Å². The van der Waals surface area contributed by atoms with E-state index >= 15 is 0 Å². The number of para-hydroxylation sites is 1. The first kappa shape index (κ1) is 16.2. The Morgan fingerprint density at radius 2 is 1.83 bits per heavy atom. The molecule has 1 fully saturated rings. The number of benzene rings is 1. The lowest BCUT2D eigenvalue weighted by Gasteiger charge is -2.11. The van der Waals surface area contributed by atoms with Crippen molar-refractivity contribution in [3.8, 4) is 0 Å². The van der Waals surface area contributed by atoms with Gasteiger partial charge in [-0.25, -0.2) is 0 Å². The van der Waals surface area contributed by atoms with Crippen molar-refractivity contribution < 1.29 is 14.4 Å². The van der Waals surface area contributed by atoms with Crippen LogP contribution in [0.2, 0.25) is 0 Å². The van der Waals surface area contributed by atoms with Crippen LogP contribution in [-0.2, 0) is 16.1 Å². The van der Waals surface area contributed by atoms with Crippen LogP contribution in [0.25, 0.3) is 0 Å². The molecule has 0 spiro atoms. The summed E-state index contributed by atoms with van der Waals surface area (Å²) in [7, 11) is 0. The molecule has 1 aliphatic rings. The summed E-state index contributed by atoms with van der Waals surface area (Å²) in [5.74, 6) is -1.77. The molecular weight excluding hydrogens is 326 g/mol. The van der Waals surface area contributed by atoms with Gasteiger partial charge < -0.3 is 16.0 Å². The highest BCUT2D eigenvalue weighted by Gasteiger charge is 2.25. The topological polar surface area (TPSA) is 87.3 Å². The first-order valence-corrected chi connectivity index (χ1v) is 8.53. The van der Waals surface area contributed by atoms with Crippen LogP contribution < -0.4 is 16.0 Å². The van der Waals surface area contributed by atoms with E-state index in [1.54, 1.807) is 24.3 Å². The first-order chi connectivity index (χ1) is 11.6. The zero-order chi connectivity index (χ0) is 16.9. The Morgan fingerprint density at radius 3 is 2.54 bits per heavy atom. The van der Waals surface area contributed by atoms with Crippen LogP contribution >= 0.6 is 11.3 Å². The van der Waals surface area contributed by atoms with Gasteiger partial charge in [0.05, 0.1) is 17.8 Å². The molecule has 1 aliphatic carbocycles. The largest absolute Gasteiger partial charge is 0.349 e. The van der Waals surface area contributed by atoms with Gasteiger partial charge in [0.2, 0.25) is 0 Å². The van der Waals surface area contributed by atoms with E-state index in [0.29, 0.717) is 17.8 Å². The lowest BCUT2D eigenvalue weighted by Crippen LogP contribution is -2.35. The maximum atomic E-state index is 12.2. The van der Waals surface area contributed by atoms with Crippen molar-refractivity contribution >= 4 is 34.7 Å². The number of hydrogen-bond donors (Lipinski definition) is 3. The summed E-state index contributed by atoms with van der Waals surface area (Å²) in [4.78, 5) is 37.1. The van der Waals surface area contributed by atoms with Gasteiger partial charge in [0, 0.05) is 10.9 Å². The second-order valence-electron chi connectivity index (χ2n) is 5.51. The number of hydrogen-bond acceptors (Lipinski definition) is 4. The molecule has 1 saturated carbocycles. The fourth-order valence-corrected chi connectivity index (χ4v) is 2.77. The molecule has 24 heavy (non-hydrogen) atoms. The van der Waals surface area contributed by atoms with Gasteiger partial charge in [-0.05, 0) is 36.4 Å². The van der Waals surface area contributed by atoms with E-state index in [1.807, 2.05) is 17.5 Å². The van der Waals surface area contributed by atoms with E-state index in [9.17, 15) is 14.4 Å². The third-order valence-electron chi connectivity index (χ3n) is 3.54. The van der Waals surface area contributed by atoms with Gasteiger partial charge >= 0.3 is 11.8 Å². The molecule has 7 heteroatoms. The minimum atomic E-state index is -0.793. The molecule has 3 N–H and O–H groups in total. The molecule has 1 aromatic heterocycles. The second-order valence-corrected chi connectivity index (χ2v) is 6.54. The highest BCUT2D eigenvalue weighted by atomic mass is 32.1. The molecule has 0 radical (unpaired) electrons. The molecule has 0 saturated heterocycles. The van der Waals surface area contributed by atoms with Crippen molar-refractivity contribution in [2.75, 3.05) is 5.32 Å². The van der Waals surface area contributed by atoms with Crippen LogP contribution in [0.4, 0.5) is 5.69 Å². The normalized spacial score (nSPS) is 13.2. The smallest absolute Gasteiger partial charge is 0.313 e. The maximum absolute atomic E-state index is 12.2. The van der Waals surface area contributed by atoms with Gasteiger partial charge in [0.15, 0.2) is 0 Å². The Hall–Kier alpha value is -2.67. The summed E-state index contributed by atoms with van der Waals surface area (Å²) in [6, 6.07) is 10.6. The summed E-state index contributed by atoms with van der Waals surface area (Å²) >= 11 is 1.50. The number of thiophene rings is 1. The molecule has 1 aromatic carbocycles. The minimum Gasteiger partial charge on any atom is -0.349 e. The average Bonchev–Trinajstić information content (AvgIpc) is 3.24. The molecule has 3 rings (SSSR count). The van der Waals surface area contributed by atoms with Crippen molar-refractivity contribution in [1.82, 2.24) is 10.6 Å². The fourth-order valence-electron chi connectivity index (χ4n) is 2.12. The molecular formula is C17H17N3O3S. The number of carbonyl (C=O) groups is 3. The van der Waals surface area contributed by atoms with Crippen LogP contribution in [0.5, 0.6) is 0 Å². The summed E-state index contributed by atoms with van der Waals surface area (Å²) in [5.41, 5.74) is 0.677. The molecule has 2 aromatic rings. The van der Waals surface area contributed by atoms with E-state index < -0.39 is 11.8 Å². The quantitative estimate of drug-likeness (QED) is 0.725. The standard InChI is InChI=1S/C17H17N3O3S/c21-15(19-11-7-8-11)13-5-1-2-6-14(13)20-17(23)16(22)18-10-12-4-3-9-24-12/h1-6,9,11H,7-8,10H2,(H,18,22)(H,19,21)(H,20,23). The number of carbonyl (C=O) groups excluding carboxylic acids is 3. The lowest BCUT2D eigenvalue weighted by atomic mass is 10.1. The molecule has 0 bridgehead atoms. The Labute approximate surface area is 143 Å². The molecule has 0 atom stereocenters. The minimum absolute atomic E-state index is 0.218. The van der Waals surface area contributed by atoms with Crippen LogP contribution in [0.3, 0.4) is 0 Å². The second kappa shape index (κ2) is 7.27. The average molecular weight is 343 g/mol. The molecule has 3 amide bonds. The van der Waals surface area contributed by atoms with Crippen LogP contribution in [-0.4, -0.2) is 23.8 Å². The van der Waals surface area contributed by atoms with Crippen molar-refractivity contribution in [2.24, 2.45) is 0 Å². The van der Waals surface area contributed by atoms with Gasteiger partial charge in [-0.3, -0.25) is 14.4 Å². The van der Waals surface area contributed by atoms with E-state index in [4.69, 9.17) is 0 Å². The van der Waals surface area contributed by atoms with Crippen molar-refractivity contribution in [3.05, 3.63) is 52.2 Å². The van der Waals surface area contributed by atoms with E-state index in [1.165, 1.54) is 11.3 Å². The van der Waals surface area contributed by atoms with Gasteiger partial charge in [0.25, 0.3) is 5.91 Å². The van der Waals surface area contributed by atoms with Crippen molar-refractivity contribution in [1.29, 1.82) is 0 Å². The zero-order valence-corrected chi connectivity index (χ0v) is 13.7. The van der Waals surface area contributed by atoms with Gasteiger partial charge in [-0.2, -0.15) is 0 Å². The zero-order valence-electron chi connectivity index (χ0n) is 12.9. The predicted molar refractivity (Wildman–Crippen MR) is 91.7 cm³/mol. The third-order valence-corrected chi connectivity index (χ3v) is 4.42. The summed E-state index contributed by atoms with van der Waals surface area (Å²) in [5, 5.41) is 9.83. The van der Waals surface area contributed by atoms with Crippen molar-refractivity contribution in [3.63, 3.8) is 0 Å². The van der Waals surface area contributed by atoms with Gasteiger partial charge in [-0.15, -0.1) is 11.3 Å². The third kappa shape index (κ3) is 4.20. The first-order valence-electron chi connectivity index (χ1n) is 7.65. The lowest BCUT2D eigenvalue weighted by molar-refractivity contribution is -0.136. The fraction of sp³-hybridized carbons (Fsp3) is 0.235. The van der Waals surface area contributed by atoms with E-state index in [2.05, 4.69) is 16.0 Å². The summed E-state index contributed by atoms with van der Waals surface area (Å²) in [6.45, 7) is 0.299.